The molecule has 0 amide bonds. The normalized spacial score (nSPS) is 36.5. The second-order valence-corrected chi connectivity index (χ2v) is 7.00. The van der Waals surface area contributed by atoms with Gasteiger partial charge in [-0.1, -0.05) is 44.1 Å². The number of carbonyl (C=O) groups is 1. The Morgan fingerprint density at radius 1 is 1.50 bits per heavy atom. The zero-order chi connectivity index (χ0) is 15.1. The van der Waals surface area contributed by atoms with Crippen LogP contribution in [0.1, 0.15) is 53.9 Å². The second kappa shape index (κ2) is 5.03. The first-order valence-electron chi connectivity index (χ1n) is 7.50. The molecule has 3 nitrogen and oxygen atoms in total. The molecule has 112 valence electrons. The van der Waals surface area contributed by atoms with E-state index in [-0.39, 0.29) is 5.41 Å². The molecular formula is C17H26O3. The van der Waals surface area contributed by atoms with Gasteiger partial charge in [0.05, 0.1) is 0 Å². The van der Waals surface area contributed by atoms with Gasteiger partial charge in [0.2, 0.25) is 0 Å². The second-order valence-electron chi connectivity index (χ2n) is 7.00. The van der Waals surface area contributed by atoms with Crippen LogP contribution in [-0.4, -0.2) is 22.8 Å². The van der Waals surface area contributed by atoms with Gasteiger partial charge in [-0.15, -0.1) is 0 Å². The van der Waals surface area contributed by atoms with Crippen LogP contribution in [-0.2, 0) is 9.53 Å². The highest BCUT2D eigenvalue weighted by atomic mass is 16.6. The van der Waals surface area contributed by atoms with Crippen LogP contribution in [0.25, 0.3) is 0 Å². The molecule has 1 heterocycles. The molecule has 0 bridgehead atoms. The smallest absolute Gasteiger partial charge is 0.336 e. The van der Waals surface area contributed by atoms with Crippen LogP contribution in [0, 0.1) is 11.3 Å². The number of hydrogen-bond donors (Lipinski definition) is 1. The summed E-state index contributed by atoms with van der Waals surface area (Å²) in [6.07, 6.45) is 6.96. The minimum atomic E-state index is -0.866. The van der Waals surface area contributed by atoms with Crippen molar-refractivity contribution < 1.29 is 14.6 Å². The van der Waals surface area contributed by atoms with Crippen LogP contribution in [0.5, 0.6) is 0 Å². The van der Waals surface area contributed by atoms with E-state index in [1.165, 1.54) is 17.6 Å². The lowest BCUT2D eigenvalue weighted by atomic mass is 9.65. The zero-order valence-corrected chi connectivity index (χ0v) is 13.2. The van der Waals surface area contributed by atoms with Crippen molar-refractivity contribution in [3.8, 4) is 0 Å². The molecule has 0 spiro atoms. The standard InChI is InChI=1S/C17H26O3/c1-6-12(10-17(5)14(20-17)15(18)19)13-11(2)8-7-9-16(13,3)4/h8,10,13-14H,6-7,9H2,1-5H3,(H,18,19). The van der Waals surface area contributed by atoms with E-state index in [0.717, 1.165) is 12.8 Å². The molecule has 1 aliphatic heterocycles. The van der Waals surface area contributed by atoms with Crippen LogP contribution < -0.4 is 0 Å². The molecule has 0 radical (unpaired) electrons. The van der Waals surface area contributed by atoms with Crippen molar-refractivity contribution in [1.29, 1.82) is 0 Å². The van der Waals surface area contributed by atoms with Crippen molar-refractivity contribution in [1.82, 2.24) is 0 Å². The summed E-state index contributed by atoms with van der Waals surface area (Å²) in [6.45, 7) is 10.8. The highest BCUT2D eigenvalue weighted by Gasteiger charge is 2.56. The first kappa shape index (κ1) is 15.3. The zero-order valence-electron chi connectivity index (χ0n) is 13.2. The topological polar surface area (TPSA) is 49.8 Å². The van der Waals surface area contributed by atoms with E-state index in [1.807, 2.05) is 6.92 Å². The molecule has 3 atom stereocenters. The largest absolute Gasteiger partial charge is 0.479 e. The molecule has 1 saturated heterocycles. The summed E-state index contributed by atoms with van der Waals surface area (Å²) in [5.41, 5.74) is 2.33. The molecule has 1 N–H and O–H groups in total. The minimum absolute atomic E-state index is 0.227. The maximum Gasteiger partial charge on any atom is 0.336 e. The van der Waals surface area contributed by atoms with Gasteiger partial charge < -0.3 is 9.84 Å². The van der Waals surface area contributed by atoms with Gasteiger partial charge in [0.1, 0.15) is 5.60 Å². The van der Waals surface area contributed by atoms with Crippen LogP contribution >= 0.6 is 0 Å². The minimum Gasteiger partial charge on any atom is -0.479 e. The molecular weight excluding hydrogens is 252 g/mol. The first-order chi connectivity index (χ1) is 9.21. The predicted octanol–water partition coefficient (Wildman–Crippen LogP) is 3.95. The van der Waals surface area contributed by atoms with E-state index in [0.29, 0.717) is 5.92 Å². The monoisotopic (exact) mass is 278 g/mol. The van der Waals surface area contributed by atoms with E-state index < -0.39 is 17.7 Å². The van der Waals surface area contributed by atoms with Crippen LogP contribution in [0.4, 0.5) is 0 Å². The maximum atomic E-state index is 11.0. The third-order valence-corrected chi connectivity index (χ3v) is 4.80. The van der Waals surface area contributed by atoms with Gasteiger partial charge >= 0.3 is 5.97 Å². The molecule has 0 saturated carbocycles. The molecule has 0 aromatic rings. The molecule has 3 heteroatoms. The fourth-order valence-corrected chi connectivity index (χ4v) is 3.73. The average molecular weight is 278 g/mol. The summed E-state index contributed by atoms with van der Waals surface area (Å²) in [4.78, 5) is 11.0. The molecule has 1 fully saturated rings. The number of hydrogen-bond acceptors (Lipinski definition) is 2. The lowest BCUT2D eigenvalue weighted by Gasteiger charge is -2.40. The molecule has 3 unspecified atom stereocenters. The van der Waals surface area contributed by atoms with Crippen molar-refractivity contribution in [2.75, 3.05) is 0 Å². The Bertz CT molecular complexity index is 473. The SMILES string of the molecule is CCC(=CC1(C)OC1C(=O)O)C1C(C)=CCCC1(C)C. The van der Waals surface area contributed by atoms with Crippen LogP contribution in [0.2, 0.25) is 0 Å². The van der Waals surface area contributed by atoms with Gasteiger partial charge in [-0.2, -0.15) is 0 Å². The van der Waals surface area contributed by atoms with Gasteiger partial charge in [0, 0.05) is 5.92 Å². The van der Waals surface area contributed by atoms with Gasteiger partial charge in [-0.3, -0.25) is 0 Å². The van der Waals surface area contributed by atoms with Crippen LogP contribution in [0.3, 0.4) is 0 Å². The Balaban J connectivity index is 2.31. The molecule has 0 aromatic heterocycles. The van der Waals surface area contributed by atoms with Crippen molar-refractivity contribution in [2.45, 2.75) is 65.6 Å². The lowest BCUT2D eigenvalue weighted by Crippen LogP contribution is -2.30. The summed E-state index contributed by atoms with van der Waals surface area (Å²) in [5, 5.41) is 9.07. The van der Waals surface area contributed by atoms with Crippen molar-refractivity contribution >= 4 is 5.97 Å². The molecule has 0 aromatic carbocycles. The quantitative estimate of drug-likeness (QED) is 0.626. The Morgan fingerprint density at radius 3 is 2.60 bits per heavy atom. The highest BCUT2D eigenvalue weighted by Crippen LogP contribution is 2.48. The predicted molar refractivity (Wildman–Crippen MR) is 79.5 cm³/mol. The van der Waals surface area contributed by atoms with Gasteiger partial charge in [0.25, 0.3) is 0 Å². The molecule has 2 rings (SSSR count). The number of ether oxygens (including phenoxy) is 1. The number of allylic oxidation sites excluding steroid dienone is 3. The van der Waals surface area contributed by atoms with E-state index in [1.54, 1.807) is 0 Å². The third kappa shape index (κ3) is 2.69. The van der Waals surface area contributed by atoms with Crippen molar-refractivity contribution in [3.63, 3.8) is 0 Å². The van der Waals surface area contributed by atoms with Crippen LogP contribution in [0.15, 0.2) is 23.3 Å². The number of epoxide rings is 1. The maximum absolute atomic E-state index is 11.0. The lowest BCUT2D eigenvalue weighted by molar-refractivity contribution is -0.138. The number of carboxylic acid groups (broad SMARTS) is 1. The number of carboxylic acids is 1. The summed E-state index contributed by atoms with van der Waals surface area (Å²) in [6, 6.07) is 0. The van der Waals surface area contributed by atoms with Crippen molar-refractivity contribution in [3.05, 3.63) is 23.3 Å². The highest BCUT2D eigenvalue weighted by molar-refractivity contribution is 5.78. The van der Waals surface area contributed by atoms with E-state index in [4.69, 9.17) is 9.84 Å². The van der Waals surface area contributed by atoms with Crippen molar-refractivity contribution in [2.24, 2.45) is 11.3 Å². The summed E-state index contributed by atoms with van der Waals surface area (Å²) >= 11 is 0. The molecule has 2 aliphatic rings. The Kier molecular flexibility index (Phi) is 3.85. The number of aliphatic carboxylic acids is 1. The third-order valence-electron chi connectivity index (χ3n) is 4.80. The van der Waals surface area contributed by atoms with Gasteiger partial charge in [-0.05, 0) is 38.5 Å². The average Bonchev–Trinajstić information content (AvgIpc) is 2.99. The number of rotatable bonds is 4. The van der Waals surface area contributed by atoms with E-state index in [9.17, 15) is 4.79 Å². The summed E-state index contributed by atoms with van der Waals surface area (Å²) in [5.74, 6) is -0.467. The molecule has 1 aliphatic carbocycles. The van der Waals surface area contributed by atoms with Gasteiger partial charge in [0.15, 0.2) is 6.10 Å². The Labute approximate surface area is 121 Å². The Hall–Kier alpha value is -1.09. The summed E-state index contributed by atoms with van der Waals surface area (Å²) in [7, 11) is 0. The Morgan fingerprint density at radius 2 is 2.15 bits per heavy atom. The summed E-state index contributed by atoms with van der Waals surface area (Å²) < 4.78 is 5.40. The van der Waals surface area contributed by atoms with Gasteiger partial charge in [-0.25, -0.2) is 4.79 Å². The molecule has 20 heavy (non-hydrogen) atoms. The van der Waals surface area contributed by atoms with E-state index >= 15 is 0 Å². The first-order valence-corrected chi connectivity index (χ1v) is 7.50. The van der Waals surface area contributed by atoms with E-state index in [2.05, 4.69) is 39.8 Å². The fraction of sp³-hybridized carbons (Fsp3) is 0.706. The fourth-order valence-electron chi connectivity index (χ4n) is 3.73.